The van der Waals surface area contributed by atoms with Crippen molar-refractivity contribution in [2.24, 2.45) is 0 Å². The second kappa shape index (κ2) is 50.2. The van der Waals surface area contributed by atoms with Gasteiger partial charge in [0.15, 0.2) is 6.10 Å². The summed E-state index contributed by atoms with van der Waals surface area (Å²) in [5, 5.41) is 0. The predicted molar refractivity (Wildman–Crippen MR) is 269 cm³/mol. The zero-order valence-corrected chi connectivity index (χ0v) is 40.0. The van der Waals surface area contributed by atoms with Crippen LogP contribution in [0.4, 0.5) is 0 Å². The molecule has 63 heavy (non-hydrogen) atoms. The molecule has 0 aliphatic carbocycles. The fourth-order valence-corrected chi connectivity index (χ4v) is 5.91. The van der Waals surface area contributed by atoms with Crippen LogP contribution in [0.1, 0.15) is 188 Å². The molecule has 6 heteroatoms. The molecule has 0 fully saturated rings. The van der Waals surface area contributed by atoms with Crippen molar-refractivity contribution in [3.05, 3.63) is 134 Å². The fraction of sp³-hybridized carbons (Fsp3) is 0.561. The first-order chi connectivity index (χ1) is 31.0. The van der Waals surface area contributed by atoms with Crippen molar-refractivity contribution in [3.8, 4) is 0 Å². The summed E-state index contributed by atoms with van der Waals surface area (Å²) >= 11 is 0. The smallest absolute Gasteiger partial charge is 0.306 e. The van der Waals surface area contributed by atoms with Gasteiger partial charge in [0.05, 0.1) is 0 Å². The minimum Gasteiger partial charge on any atom is -0.462 e. The minimum absolute atomic E-state index is 0.137. The second-order valence-electron chi connectivity index (χ2n) is 15.7. The standard InChI is InChI=1S/C57H88O6/c1-4-7-10-13-16-19-22-24-26-28-30-32-35-38-41-44-47-50-56(59)62-53-54(52-61-55(58)49-46-43-40-37-34-21-18-15-12-9-6-3)63-57(60)51-48-45-42-39-36-33-31-29-27-25-23-20-17-14-11-8-5-2/h7,10,15-21,24-27,30-34,38-39,41-42,54H,4-6,8-9,11-14,22-23,28-29,35-37,40,43-53H2,1-3H3/b10-7-,18-15-,19-16-,20-17-,26-24-,27-25-,32-30-,33-31-,34-21-,41-38-,42-39-. The van der Waals surface area contributed by atoms with E-state index in [-0.39, 0.29) is 38.0 Å². The predicted octanol–water partition coefficient (Wildman–Crippen LogP) is 16.3. The summed E-state index contributed by atoms with van der Waals surface area (Å²) in [6.45, 7) is 6.29. The molecule has 6 nitrogen and oxygen atoms in total. The molecule has 0 aromatic rings. The average molecular weight is 869 g/mol. The first kappa shape index (κ1) is 58.6. The number of hydrogen-bond donors (Lipinski definition) is 0. The van der Waals surface area contributed by atoms with Gasteiger partial charge in [0, 0.05) is 19.3 Å². The Morgan fingerprint density at radius 2 is 0.698 bits per heavy atom. The van der Waals surface area contributed by atoms with Crippen molar-refractivity contribution in [2.75, 3.05) is 13.2 Å². The molecular weight excluding hydrogens is 781 g/mol. The van der Waals surface area contributed by atoms with E-state index in [0.717, 1.165) is 96.3 Å². The number of allylic oxidation sites excluding steroid dienone is 22. The first-order valence-corrected chi connectivity index (χ1v) is 24.7. The Labute approximate surface area is 385 Å². The molecular formula is C57H88O6. The van der Waals surface area contributed by atoms with E-state index in [1.54, 1.807) is 0 Å². The maximum atomic E-state index is 12.8. The number of hydrogen-bond acceptors (Lipinski definition) is 6. The fourth-order valence-electron chi connectivity index (χ4n) is 5.91. The van der Waals surface area contributed by atoms with Crippen LogP contribution in [0.3, 0.4) is 0 Å². The summed E-state index contributed by atoms with van der Waals surface area (Å²) in [6.07, 6.45) is 70.2. The molecule has 0 saturated heterocycles. The van der Waals surface area contributed by atoms with Gasteiger partial charge in [-0.25, -0.2) is 0 Å². The highest BCUT2D eigenvalue weighted by Gasteiger charge is 2.19. The monoisotopic (exact) mass is 869 g/mol. The van der Waals surface area contributed by atoms with Crippen molar-refractivity contribution in [1.82, 2.24) is 0 Å². The first-order valence-electron chi connectivity index (χ1n) is 24.7. The summed E-state index contributed by atoms with van der Waals surface area (Å²) in [4.78, 5) is 37.8. The molecule has 0 radical (unpaired) electrons. The van der Waals surface area contributed by atoms with Crippen molar-refractivity contribution < 1.29 is 28.6 Å². The molecule has 0 aliphatic rings. The second-order valence-corrected chi connectivity index (χ2v) is 15.7. The molecule has 1 atom stereocenters. The van der Waals surface area contributed by atoms with Gasteiger partial charge in [-0.05, 0) is 116 Å². The third-order valence-corrected chi connectivity index (χ3v) is 9.64. The van der Waals surface area contributed by atoms with Crippen LogP contribution in [0.15, 0.2) is 134 Å². The van der Waals surface area contributed by atoms with Gasteiger partial charge in [-0.3, -0.25) is 14.4 Å². The van der Waals surface area contributed by atoms with E-state index < -0.39 is 12.1 Å². The van der Waals surface area contributed by atoms with Crippen LogP contribution >= 0.6 is 0 Å². The maximum absolute atomic E-state index is 12.8. The van der Waals surface area contributed by atoms with Crippen molar-refractivity contribution in [1.29, 1.82) is 0 Å². The summed E-state index contributed by atoms with van der Waals surface area (Å²) in [6, 6.07) is 0. The quantitative estimate of drug-likeness (QED) is 0.0200. The Kier molecular flexibility index (Phi) is 46.7. The van der Waals surface area contributed by atoms with Crippen LogP contribution in [0, 0.1) is 0 Å². The van der Waals surface area contributed by atoms with Crippen molar-refractivity contribution in [2.45, 2.75) is 194 Å². The zero-order valence-electron chi connectivity index (χ0n) is 40.0. The molecule has 0 amide bonds. The molecule has 0 bridgehead atoms. The Morgan fingerprint density at radius 1 is 0.349 bits per heavy atom. The van der Waals surface area contributed by atoms with Crippen LogP contribution in [-0.2, 0) is 28.6 Å². The highest BCUT2D eigenvalue weighted by atomic mass is 16.6. The lowest BCUT2D eigenvalue weighted by Gasteiger charge is -2.18. The lowest BCUT2D eigenvalue weighted by atomic mass is 10.1. The van der Waals surface area contributed by atoms with Gasteiger partial charge in [-0.1, -0.05) is 187 Å². The maximum Gasteiger partial charge on any atom is 0.306 e. The number of ether oxygens (including phenoxy) is 3. The molecule has 0 aromatic heterocycles. The van der Waals surface area contributed by atoms with Gasteiger partial charge in [0.25, 0.3) is 0 Å². The van der Waals surface area contributed by atoms with Gasteiger partial charge in [-0.2, -0.15) is 0 Å². The molecule has 1 unspecified atom stereocenters. The summed E-state index contributed by atoms with van der Waals surface area (Å²) in [5.74, 6) is -1.09. The largest absolute Gasteiger partial charge is 0.462 e. The van der Waals surface area contributed by atoms with E-state index >= 15 is 0 Å². The molecule has 0 rings (SSSR count). The highest BCUT2D eigenvalue weighted by Crippen LogP contribution is 2.09. The Hall–Kier alpha value is -4.45. The summed E-state index contributed by atoms with van der Waals surface area (Å²) in [5.41, 5.74) is 0. The third kappa shape index (κ3) is 48.4. The number of carbonyl (C=O) groups is 3. The van der Waals surface area contributed by atoms with Crippen molar-refractivity contribution in [3.63, 3.8) is 0 Å². The Balaban J connectivity index is 4.62. The molecule has 0 aromatic carbocycles. The van der Waals surface area contributed by atoms with Gasteiger partial charge < -0.3 is 14.2 Å². The van der Waals surface area contributed by atoms with Crippen LogP contribution in [0.2, 0.25) is 0 Å². The molecule has 0 spiro atoms. The minimum atomic E-state index is -0.844. The van der Waals surface area contributed by atoms with Crippen LogP contribution in [0.5, 0.6) is 0 Å². The van der Waals surface area contributed by atoms with E-state index in [0.29, 0.717) is 19.3 Å². The number of unbranched alkanes of at least 4 members (excludes halogenated alkanes) is 10. The van der Waals surface area contributed by atoms with Gasteiger partial charge in [-0.15, -0.1) is 0 Å². The van der Waals surface area contributed by atoms with Gasteiger partial charge in [0.2, 0.25) is 0 Å². The van der Waals surface area contributed by atoms with Crippen molar-refractivity contribution >= 4 is 17.9 Å². The molecule has 352 valence electrons. The Morgan fingerprint density at radius 3 is 1.14 bits per heavy atom. The molecule has 0 saturated carbocycles. The van der Waals surface area contributed by atoms with Gasteiger partial charge >= 0.3 is 17.9 Å². The average Bonchev–Trinajstić information content (AvgIpc) is 3.28. The number of carbonyl (C=O) groups excluding carboxylic acids is 3. The van der Waals surface area contributed by atoms with E-state index in [1.807, 2.05) is 0 Å². The van der Waals surface area contributed by atoms with E-state index in [4.69, 9.17) is 14.2 Å². The molecule has 0 aliphatic heterocycles. The highest BCUT2D eigenvalue weighted by molar-refractivity contribution is 5.71. The third-order valence-electron chi connectivity index (χ3n) is 9.64. The molecule has 0 N–H and O–H groups in total. The lowest BCUT2D eigenvalue weighted by Crippen LogP contribution is -2.30. The summed E-state index contributed by atoms with van der Waals surface area (Å²) in [7, 11) is 0. The topological polar surface area (TPSA) is 78.9 Å². The molecule has 0 heterocycles. The van der Waals surface area contributed by atoms with Crippen LogP contribution in [0.25, 0.3) is 0 Å². The van der Waals surface area contributed by atoms with Gasteiger partial charge in [0.1, 0.15) is 13.2 Å². The zero-order chi connectivity index (χ0) is 45.8. The normalized spacial score (nSPS) is 13.3. The number of rotatable bonds is 42. The Bertz CT molecular complexity index is 1420. The SMILES string of the molecule is CC/C=C\C/C=C\C/C=C\C/C=C\C/C=C\CCCC(=O)OCC(COC(=O)CCCCC/C=C\C=C/CCCC)OC(=O)CCC/C=C\C/C=C\C/C=C\C/C=C\CCCCC. The number of esters is 3. The lowest BCUT2D eigenvalue weighted by molar-refractivity contribution is -0.167. The van der Waals surface area contributed by atoms with E-state index in [9.17, 15) is 14.4 Å². The van der Waals surface area contributed by atoms with E-state index in [2.05, 4.69) is 154 Å². The van der Waals surface area contributed by atoms with Crippen LogP contribution in [-0.4, -0.2) is 37.2 Å². The van der Waals surface area contributed by atoms with Crippen LogP contribution < -0.4 is 0 Å². The van der Waals surface area contributed by atoms with E-state index in [1.165, 1.54) is 38.5 Å². The summed E-state index contributed by atoms with van der Waals surface area (Å²) < 4.78 is 16.6.